The van der Waals surface area contributed by atoms with Crippen LogP contribution in [0, 0.1) is 6.92 Å². The van der Waals surface area contributed by atoms with E-state index in [1.807, 2.05) is 18.2 Å². The second-order valence-electron chi connectivity index (χ2n) is 8.03. The summed E-state index contributed by atoms with van der Waals surface area (Å²) in [7, 11) is 0. The highest BCUT2D eigenvalue weighted by Gasteiger charge is 2.42. The van der Waals surface area contributed by atoms with E-state index in [-0.39, 0.29) is 5.91 Å². The van der Waals surface area contributed by atoms with Crippen LogP contribution in [0.15, 0.2) is 60.7 Å². The van der Waals surface area contributed by atoms with Gasteiger partial charge in [0.05, 0.1) is 0 Å². The van der Waals surface area contributed by atoms with Crippen molar-refractivity contribution in [3.05, 3.63) is 77.4 Å². The van der Waals surface area contributed by atoms with E-state index >= 15 is 0 Å². The van der Waals surface area contributed by atoms with Crippen molar-refractivity contribution in [3.63, 3.8) is 0 Å². The minimum absolute atomic E-state index is 0.169. The van der Waals surface area contributed by atoms with Crippen LogP contribution in [0.5, 0.6) is 0 Å². The van der Waals surface area contributed by atoms with Crippen LogP contribution in [0.2, 0.25) is 0 Å². The summed E-state index contributed by atoms with van der Waals surface area (Å²) in [6.45, 7) is 6.99. The number of para-hydroxylation sites is 1. The first-order valence-electron chi connectivity index (χ1n) is 10.3. The highest BCUT2D eigenvalue weighted by molar-refractivity contribution is 6.07. The Hall–Kier alpha value is -2.81. The van der Waals surface area contributed by atoms with Crippen molar-refractivity contribution in [2.45, 2.75) is 32.2 Å². The third-order valence-electron chi connectivity index (χ3n) is 6.62. The Kier molecular flexibility index (Phi) is 4.12. The normalized spacial score (nSPS) is 20.9. The third-order valence-corrected chi connectivity index (χ3v) is 6.62. The van der Waals surface area contributed by atoms with E-state index in [0.717, 1.165) is 37.0 Å². The lowest BCUT2D eigenvalue weighted by Crippen LogP contribution is -2.48. The second kappa shape index (κ2) is 6.66. The average Bonchev–Trinajstić information content (AvgIpc) is 3.07. The van der Waals surface area contributed by atoms with Crippen molar-refractivity contribution < 1.29 is 4.79 Å². The summed E-state index contributed by atoms with van der Waals surface area (Å²) in [5.41, 5.74) is 4.81. The van der Waals surface area contributed by atoms with Gasteiger partial charge in [-0.05, 0) is 54.3 Å². The molecule has 1 fully saturated rings. The lowest BCUT2D eigenvalue weighted by atomic mass is 9.88. The highest BCUT2D eigenvalue weighted by Crippen LogP contribution is 2.44. The third kappa shape index (κ3) is 2.53. The number of hydrogen-bond donors (Lipinski definition) is 0. The molecule has 28 heavy (non-hydrogen) atoms. The van der Waals surface area contributed by atoms with Crippen LogP contribution < -0.4 is 4.90 Å². The molecule has 3 heteroatoms. The quantitative estimate of drug-likeness (QED) is 0.635. The zero-order chi connectivity index (χ0) is 19.3. The lowest BCUT2D eigenvalue weighted by Gasteiger charge is -2.39. The first-order valence-corrected chi connectivity index (χ1v) is 10.3. The van der Waals surface area contributed by atoms with E-state index in [2.05, 4.69) is 66.1 Å². The molecule has 0 bridgehead atoms. The number of aryl methyl sites for hydroxylation is 1. The molecule has 0 radical (unpaired) electrons. The summed E-state index contributed by atoms with van der Waals surface area (Å²) >= 11 is 0. The molecule has 3 nitrogen and oxygen atoms in total. The molecule has 1 saturated heterocycles. The fraction of sp³-hybridized carbons (Fsp3) is 0.320. The summed E-state index contributed by atoms with van der Waals surface area (Å²) in [6, 6.07) is 21.6. The van der Waals surface area contributed by atoms with Crippen molar-refractivity contribution in [1.82, 2.24) is 4.90 Å². The summed E-state index contributed by atoms with van der Waals surface area (Å²) in [4.78, 5) is 18.1. The van der Waals surface area contributed by atoms with Gasteiger partial charge in [0.2, 0.25) is 0 Å². The molecular formula is C25H26N2O. The summed E-state index contributed by atoms with van der Waals surface area (Å²) in [5, 5.41) is 2.24. The van der Waals surface area contributed by atoms with E-state index in [9.17, 15) is 4.79 Å². The highest BCUT2D eigenvalue weighted by atomic mass is 16.2. The Morgan fingerprint density at radius 3 is 2.57 bits per heavy atom. The van der Waals surface area contributed by atoms with Gasteiger partial charge in [-0.2, -0.15) is 0 Å². The molecule has 2 aliphatic heterocycles. The van der Waals surface area contributed by atoms with Crippen molar-refractivity contribution >= 4 is 22.4 Å². The molecule has 0 spiro atoms. The van der Waals surface area contributed by atoms with Crippen LogP contribution in [0.4, 0.5) is 5.69 Å². The van der Waals surface area contributed by atoms with Gasteiger partial charge >= 0.3 is 0 Å². The minimum Gasteiger partial charge on any atom is -0.368 e. The standard InChI is InChI=1S/C25H26N2O/c1-3-27-23-11-7-6-10-20(23)22-16-26(15-14-24(22)27)25(28)21-13-12-17(2)18-8-4-5-9-19(18)21/h4-13,22,24H,3,14-16H2,1-2H3. The van der Waals surface area contributed by atoms with E-state index in [4.69, 9.17) is 0 Å². The van der Waals surface area contributed by atoms with Crippen molar-refractivity contribution in [2.75, 3.05) is 24.5 Å². The molecule has 0 aromatic heterocycles. The molecule has 0 N–H and O–H groups in total. The maximum absolute atomic E-state index is 13.5. The zero-order valence-electron chi connectivity index (χ0n) is 16.6. The number of anilines is 1. The topological polar surface area (TPSA) is 23.6 Å². The number of nitrogens with zero attached hydrogens (tertiary/aromatic N) is 2. The van der Waals surface area contributed by atoms with E-state index in [1.165, 1.54) is 22.2 Å². The van der Waals surface area contributed by atoms with Gasteiger partial charge in [-0.15, -0.1) is 0 Å². The van der Waals surface area contributed by atoms with Crippen LogP contribution in [0.25, 0.3) is 10.8 Å². The fourth-order valence-corrected chi connectivity index (χ4v) is 5.26. The number of carbonyl (C=O) groups is 1. The molecule has 0 saturated carbocycles. The van der Waals surface area contributed by atoms with Crippen molar-refractivity contribution in [3.8, 4) is 0 Å². The first kappa shape index (κ1) is 17.3. The summed E-state index contributed by atoms with van der Waals surface area (Å²) in [5.74, 6) is 0.577. The predicted molar refractivity (Wildman–Crippen MR) is 115 cm³/mol. The van der Waals surface area contributed by atoms with Gasteiger partial charge in [0.1, 0.15) is 0 Å². The van der Waals surface area contributed by atoms with E-state index in [0.29, 0.717) is 12.0 Å². The number of benzene rings is 3. The van der Waals surface area contributed by atoms with Crippen LogP contribution in [0.3, 0.4) is 0 Å². The molecular weight excluding hydrogens is 344 g/mol. The molecule has 142 valence electrons. The van der Waals surface area contributed by atoms with Crippen molar-refractivity contribution in [2.24, 2.45) is 0 Å². The molecule has 2 atom stereocenters. The van der Waals surface area contributed by atoms with E-state index in [1.54, 1.807) is 0 Å². The number of rotatable bonds is 2. The number of amides is 1. The van der Waals surface area contributed by atoms with Gasteiger partial charge < -0.3 is 9.80 Å². The van der Waals surface area contributed by atoms with Crippen LogP contribution in [-0.2, 0) is 0 Å². The Labute approximate surface area is 166 Å². The van der Waals surface area contributed by atoms with Gasteiger partial charge in [-0.1, -0.05) is 48.5 Å². The van der Waals surface area contributed by atoms with Crippen LogP contribution in [-0.4, -0.2) is 36.5 Å². The smallest absolute Gasteiger partial charge is 0.254 e. The van der Waals surface area contributed by atoms with Gasteiger partial charge in [0, 0.05) is 42.8 Å². The average molecular weight is 370 g/mol. The van der Waals surface area contributed by atoms with Crippen LogP contribution >= 0.6 is 0 Å². The molecule has 5 rings (SSSR count). The number of fused-ring (bicyclic) bond motifs is 4. The molecule has 3 aromatic rings. The SMILES string of the molecule is CCN1c2ccccc2C2CN(C(=O)c3ccc(C)c4ccccc34)CCC21. The predicted octanol–water partition coefficient (Wildman–Crippen LogP) is 4.99. The van der Waals surface area contributed by atoms with Gasteiger partial charge in [-0.25, -0.2) is 0 Å². The monoisotopic (exact) mass is 370 g/mol. The summed E-state index contributed by atoms with van der Waals surface area (Å²) in [6.07, 6.45) is 1.03. The molecule has 2 heterocycles. The number of piperidine rings is 1. The Morgan fingerprint density at radius 2 is 1.75 bits per heavy atom. The van der Waals surface area contributed by atoms with Gasteiger partial charge in [0.25, 0.3) is 5.91 Å². The maximum Gasteiger partial charge on any atom is 0.254 e. The maximum atomic E-state index is 13.5. The van der Waals surface area contributed by atoms with Crippen molar-refractivity contribution in [1.29, 1.82) is 0 Å². The lowest BCUT2D eigenvalue weighted by molar-refractivity contribution is 0.0699. The molecule has 0 aliphatic carbocycles. The number of carbonyl (C=O) groups excluding carboxylic acids is 1. The second-order valence-corrected chi connectivity index (χ2v) is 8.03. The molecule has 2 aliphatic rings. The molecule has 2 unspecified atom stereocenters. The number of likely N-dealkylation sites (N-methyl/N-ethyl adjacent to an activating group) is 1. The molecule has 3 aromatic carbocycles. The van der Waals surface area contributed by atoms with E-state index < -0.39 is 0 Å². The van der Waals surface area contributed by atoms with Gasteiger partial charge in [-0.3, -0.25) is 4.79 Å². The Bertz CT molecular complexity index is 1060. The fourth-order valence-electron chi connectivity index (χ4n) is 5.26. The molecule has 1 amide bonds. The number of hydrogen-bond acceptors (Lipinski definition) is 2. The minimum atomic E-state index is 0.169. The zero-order valence-corrected chi connectivity index (χ0v) is 16.6. The Morgan fingerprint density at radius 1 is 1.00 bits per heavy atom. The Balaban J connectivity index is 1.49. The number of likely N-dealkylation sites (tertiary alicyclic amines) is 1. The van der Waals surface area contributed by atoms with Crippen LogP contribution in [0.1, 0.15) is 40.7 Å². The summed E-state index contributed by atoms with van der Waals surface area (Å²) < 4.78 is 0. The first-order chi connectivity index (χ1) is 13.7. The van der Waals surface area contributed by atoms with Gasteiger partial charge in [0.15, 0.2) is 0 Å². The largest absolute Gasteiger partial charge is 0.368 e.